The van der Waals surface area contributed by atoms with Crippen molar-refractivity contribution in [3.05, 3.63) is 68.9 Å². The molecule has 0 aliphatic carbocycles. The van der Waals surface area contributed by atoms with Gasteiger partial charge >= 0.3 is 5.97 Å². The number of hydrogen-bond donors (Lipinski definition) is 1. The van der Waals surface area contributed by atoms with Gasteiger partial charge < -0.3 is 9.84 Å². The van der Waals surface area contributed by atoms with E-state index in [2.05, 4.69) is 6.58 Å². The van der Waals surface area contributed by atoms with Crippen LogP contribution in [-0.4, -0.2) is 22.5 Å². The van der Waals surface area contributed by atoms with Crippen molar-refractivity contribution in [1.82, 2.24) is 0 Å². The Hall–Kier alpha value is -2.92. The Morgan fingerprint density at radius 3 is 2.28 bits per heavy atom. The average Bonchev–Trinajstić information content (AvgIpc) is 3.06. The molecule has 0 aliphatic rings. The van der Waals surface area contributed by atoms with Gasteiger partial charge in [0, 0.05) is 4.88 Å². The predicted octanol–water partition coefficient (Wildman–Crippen LogP) is 6.18. The lowest BCUT2D eigenvalue weighted by atomic mass is 10.0. The molecule has 0 bridgehead atoms. The average molecular weight is 411 g/mol. The zero-order valence-corrected chi connectivity index (χ0v) is 18.2. The summed E-state index contributed by atoms with van der Waals surface area (Å²) in [5.41, 5.74) is 2.09. The smallest absolute Gasteiger partial charge is 0.347 e. The number of allylic oxidation sites excluding steroid dienone is 2. The molecule has 0 saturated heterocycles. The number of hydrogen-bond acceptors (Lipinski definition) is 4. The molecule has 0 fully saturated rings. The Morgan fingerprint density at radius 1 is 1.14 bits per heavy atom. The van der Waals surface area contributed by atoms with E-state index < -0.39 is 11.6 Å². The van der Waals surface area contributed by atoms with E-state index in [-0.39, 0.29) is 5.78 Å². The van der Waals surface area contributed by atoms with Gasteiger partial charge in [0.25, 0.3) is 0 Å². The molecule has 0 amide bonds. The van der Waals surface area contributed by atoms with Crippen molar-refractivity contribution in [2.24, 2.45) is 0 Å². The van der Waals surface area contributed by atoms with Crippen LogP contribution in [0, 0.1) is 13.8 Å². The molecule has 0 saturated carbocycles. The van der Waals surface area contributed by atoms with Crippen molar-refractivity contribution in [2.45, 2.75) is 40.2 Å². The zero-order valence-electron chi connectivity index (χ0n) is 17.4. The van der Waals surface area contributed by atoms with Gasteiger partial charge in [-0.15, -0.1) is 11.3 Å². The lowest BCUT2D eigenvalue weighted by Gasteiger charge is -2.24. The van der Waals surface area contributed by atoms with E-state index in [9.17, 15) is 14.7 Å². The number of carboxylic acids is 1. The van der Waals surface area contributed by atoms with Gasteiger partial charge in [0.2, 0.25) is 0 Å². The van der Waals surface area contributed by atoms with Crippen LogP contribution in [0.25, 0.3) is 18.2 Å². The van der Waals surface area contributed by atoms with Gasteiger partial charge in [-0.2, -0.15) is 0 Å². The first-order chi connectivity index (χ1) is 13.6. The minimum Gasteiger partial charge on any atom is -0.478 e. The molecule has 0 atom stereocenters. The van der Waals surface area contributed by atoms with Crippen molar-refractivity contribution in [3.63, 3.8) is 0 Å². The molecule has 0 aliphatic heterocycles. The van der Waals surface area contributed by atoms with Gasteiger partial charge in [0.1, 0.15) is 5.75 Å². The van der Waals surface area contributed by atoms with E-state index in [1.165, 1.54) is 25.2 Å². The Morgan fingerprint density at radius 2 is 1.76 bits per heavy atom. The number of ether oxygens (including phenoxy) is 1. The monoisotopic (exact) mass is 410 g/mol. The fourth-order valence-corrected chi connectivity index (χ4v) is 3.83. The minimum atomic E-state index is -1.32. The lowest BCUT2D eigenvalue weighted by Crippen LogP contribution is -2.38. The number of aryl methyl sites for hydroxylation is 2. The number of carbonyl (C=O) groups excluding carboxylic acids is 1. The van der Waals surface area contributed by atoms with Crippen LogP contribution >= 0.6 is 11.3 Å². The fourth-order valence-electron chi connectivity index (χ4n) is 2.78. The highest BCUT2D eigenvalue weighted by Gasteiger charge is 2.30. The summed E-state index contributed by atoms with van der Waals surface area (Å²) in [5.74, 6) is -0.555. The van der Waals surface area contributed by atoms with Crippen molar-refractivity contribution in [2.75, 3.05) is 0 Å². The van der Waals surface area contributed by atoms with Crippen LogP contribution in [0.15, 0.2) is 36.9 Å². The summed E-state index contributed by atoms with van der Waals surface area (Å²) >= 11 is 1.44. The van der Waals surface area contributed by atoms with Gasteiger partial charge in [-0.1, -0.05) is 24.8 Å². The summed E-state index contributed by atoms with van der Waals surface area (Å²) in [4.78, 5) is 25.6. The molecule has 0 spiro atoms. The molecule has 2 aromatic rings. The highest BCUT2D eigenvalue weighted by atomic mass is 32.1. The van der Waals surface area contributed by atoms with Crippen LogP contribution in [0.5, 0.6) is 5.75 Å². The first-order valence-corrected chi connectivity index (χ1v) is 10.1. The number of carbonyl (C=O) groups is 2. The second-order valence-corrected chi connectivity index (χ2v) is 8.32. The second-order valence-electron chi connectivity index (χ2n) is 7.23. The molecular weight excluding hydrogens is 384 g/mol. The number of benzene rings is 1. The van der Waals surface area contributed by atoms with E-state index >= 15 is 0 Å². The highest BCUT2D eigenvalue weighted by Crippen LogP contribution is 2.30. The molecular formula is C24H26O4S. The Bertz CT molecular complexity index is 983. The van der Waals surface area contributed by atoms with Crippen LogP contribution < -0.4 is 4.74 Å². The number of carboxylic acid groups (broad SMARTS) is 1. The molecule has 152 valence electrons. The molecule has 1 N–H and O–H groups in total. The summed E-state index contributed by atoms with van der Waals surface area (Å²) in [6, 6.07) is 5.60. The SMILES string of the molecule is C=Cc1cc(C(=O)/C=C/c2cc(C)c(OC(C)(C)C(=O)O)c(C)c2)sc1/C=C\C. The van der Waals surface area contributed by atoms with Crippen LogP contribution in [-0.2, 0) is 4.79 Å². The first kappa shape index (κ1) is 22.4. The van der Waals surface area contributed by atoms with Crippen molar-refractivity contribution >= 4 is 41.3 Å². The van der Waals surface area contributed by atoms with Crippen LogP contribution in [0.2, 0.25) is 0 Å². The van der Waals surface area contributed by atoms with Gasteiger partial charge in [-0.25, -0.2) is 4.79 Å². The van der Waals surface area contributed by atoms with Gasteiger partial charge in [-0.3, -0.25) is 4.79 Å². The minimum absolute atomic E-state index is 0.0727. The van der Waals surface area contributed by atoms with E-state index in [1.54, 1.807) is 18.2 Å². The highest BCUT2D eigenvalue weighted by molar-refractivity contribution is 7.15. The molecule has 5 heteroatoms. The second kappa shape index (κ2) is 9.05. The molecule has 2 rings (SSSR count). The topological polar surface area (TPSA) is 63.6 Å². The third-order valence-electron chi connectivity index (χ3n) is 4.35. The summed E-state index contributed by atoms with van der Waals surface area (Å²) in [7, 11) is 0. The van der Waals surface area contributed by atoms with Gasteiger partial charge in [0.05, 0.1) is 4.88 Å². The number of aliphatic carboxylic acids is 1. The standard InChI is InChI=1S/C24H26O4S/c1-7-9-20-18(8-2)14-21(29-20)19(25)11-10-17-12-15(3)22(16(4)13-17)28-24(5,6)23(26)27/h7-14H,2H2,1,3-6H3,(H,26,27)/b9-7-,11-10+. The number of rotatable bonds is 8. The largest absolute Gasteiger partial charge is 0.478 e. The quantitative estimate of drug-likeness (QED) is 0.417. The lowest BCUT2D eigenvalue weighted by molar-refractivity contribution is -0.152. The maximum absolute atomic E-state index is 12.6. The van der Waals surface area contributed by atoms with E-state index in [4.69, 9.17) is 4.74 Å². The molecule has 1 heterocycles. The van der Waals surface area contributed by atoms with Crippen molar-refractivity contribution in [3.8, 4) is 5.75 Å². The van der Waals surface area contributed by atoms with Crippen LogP contribution in [0.3, 0.4) is 0 Å². The maximum Gasteiger partial charge on any atom is 0.347 e. The Kier molecular flexibility index (Phi) is 6.98. The Labute approximate surface area is 175 Å². The Balaban J connectivity index is 2.26. The van der Waals surface area contributed by atoms with Crippen molar-refractivity contribution in [1.29, 1.82) is 0 Å². The van der Waals surface area contributed by atoms with Crippen molar-refractivity contribution < 1.29 is 19.4 Å². The number of thiophene rings is 1. The first-order valence-electron chi connectivity index (χ1n) is 9.24. The van der Waals surface area contributed by atoms with E-state index in [0.717, 1.165) is 27.1 Å². The summed E-state index contributed by atoms with van der Waals surface area (Å²) in [6.45, 7) is 12.5. The van der Waals surface area contributed by atoms with E-state index in [1.807, 2.05) is 51.1 Å². The fraction of sp³-hybridized carbons (Fsp3) is 0.250. The van der Waals surface area contributed by atoms with Crippen LogP contribution in [0.4, 0.5) is 0 Å². The third kappa shape index (κ3) is 5.33. The van der Waals surface area contributed by atoms with Crippen LogP contribution in [0.1, 0.15) is 57.6 Å². The maximum atomic E-state index is 12.6. The molecule has 1 aromatic carbocycles. The van der Waals surface area contributed by atoms with Gasteiger partial charge in [-0.05, 0) is 87.2 Å². The van der Waals surface area contributed by atoms with E-state index in [0.29, 0.717) is 10.6 Å². The number of ketones is 1. The summed E-state index contributed by atoms with van der Waals surface area (Å²) in [6.07, 6.45) is 8.96. The molecule has 0 unspecified atom stereocenters. The zero-order chi connectivity index (χ0) is 21.8. The molecule has 29 heavy (non-hydrogen) atoms. The predicted molar refractivity (Wildman–Crippen MR) is 121 cm³/mol. The van der Waals surface area contributed by atoms with Gasteiger partial charge in [0.15, 0.2) is 11.4 Å². The summed E-state index contributed by atoms with van der Waals surface area (Å²) < 4.78 is 5.72. The molecule has 4 nitrogen and oxygen atoms in total. The third-order valence-corrected chi connectivity index (χ3v) is 5.48. The summed E-state index contributed by atoms with van der Waals surface area (Å²) in [5, 5.41) is 9.28. The normalized spacial score (nSPS) is 11.9. The molecule has 1 aromatic heterocycles. The molecule has 0 radical (unpaired) electrons.